The number of hydrogen-bond donors (Lipinski definition) is 1. The van der Waals surface area contributed by atoms with Crippen molar-refractivity contribution in [2.45, 2.75) is 38.6 Å². The Labute approximate surface area is 134 Å². The lowest BCUT2D eigenvalue weighted by Gasteiger charge is -2.23. The summed E-state index contributed by atoms with van der Waals surface area (Å²) in [6, 6.07) is 0.103. The first-order valence-electron chi connectivity index (χ1n) is 7.91. The zero-order valence-corrected chi connectivity index (χ0v) is 13.1. The molecule has 0 saturated carbocycles. The monoisotopic (exact) mass is 316 g/mol. The van der Waals surface area contributed by atoms with Crippen LogP contribution in [0.1, 0.15) is 32.0 Å². The van der Waals surface area contributed by atoms with Crippen LogP contribution < -0.4 is 5.32 Å². The van der Waals surface area contributed by atoms with E-state index >= 15 is 0 Å². The van der Waals surface area contributed by atoms with Gasteiger partial charge in [-0.25, -0.2) is 9.78 Å². The molecule has 23 heavy (non-hydrogen) atoms. The highest BCUT2D eigenvalue weighted by Gasteiger charge is 2.30. The molecule has 1 aliphatic rings. The summed E-state index contributed by atoms with van der Waals surface area (Å²) in [7, 11) is 0. The third kappa shape index (κ3) is 3.64. The van der Waals surface area contributed by atoms with E-state index in [9.17, 15) is 4.79 Å². The zero-order valence-electron chi connectivity index (χ0n) is 13.1. The molecule has 0 bridgehead atoms. The maximum atomic E-state index is 12.2. The second kappa shape index (κ2) is 7.17. The lowest BCUT2D eigenvalue weighted by Crippen LogP contribution is -2.43. The van der Waals surface area contributed by atoms with E-state index < -0.39 is 0 Å². The number of nitrogens with zero attached hydrogens (tertiary/aromatic N) is 5. The third-order valence-electron chi connectivity index (χ3n) is 3.83. The number of amides is 2. The molecule has 122 valence electrons. The molecule has 0 spiro atoms. The first-order chi connectivity index (χ1) is 11.3. The maximum absolute atomic E-state index is 12.2. The average molecular weight is 316 g/mol. The van der Waals surface area contributed by atoms with Gasteiger partial charge in [-0.05, 0) is 19.3 Å². The van der Waals surface area contributed by atoms with E-state index in [1.165, 1.54) is 0 Å². The Balaban J connectivity index is 1.65. The van der Waals surface area contributed by atoms with Crippen molar-refractivity contribution in [2.75, 3.05) is 13.1 Å². The minimum Gasteiger partial charge on any atom is -0.338 e. The predicted octanol–water partition coefficient (Wildman–Crippen LogP) is 1.65. The van der Waals surface area contributed by atoms with Gasteiger partial charge >= 0.3 is 6.03 Å². The Morgan fingerprint density at radius 1 is 1.48 bits per heavy atom. The summed E-state index contributed by atoms with van der Waals surface area (Å²) in [5, 5.41) is 6.93. The van der Waals surface area contributed by atoms with Gasteiger partial charge in [-0.15, -0.1) is 0 Å². The summed E-state index contributed by atoms with van der Waals surface area (Å²) in [5.41, 5.74) is 0.551. The summed E-state index contributed by atoms with van der Waals surface area (Å²) < 4.78 is 5.24. The van der Waals surface area contributed by atoms with Gasteiger partial charge in [0.05, 0.1) is 6.20 Å². The topological polar surface area (TPSA) is 97.0 Å². The van der Waals surface area contributed by atoms with E-state index in [0.29, 0.717) is 30.4 Å². The summed E-state index contributed by atoms with van der Waals surface area (Å²) in [6.45, 7) is 3.51. The number of urea groups is 1. The first-order valence-corrected chi connectivity index (χ1v) is 7.91. The smallest absolute Gasteiger partial charge is 0.317 e. The number of nitrogens with one attached hydrogen (secondary N) is 1. The highest BCUT2D eigenvalue weighted by molar-refractivity contribution is 5.74. The largest absolute Gasteiger partial charge is 0.338 e. The van der Waals surface area contributed by atoms with E-state index in [2.05, 4.69) is 25.4 Å². The van der Waals surface area contributed by atoms with Crippen LogP contribution in [-0.4, -0.2) is 50.2 Å². The van der Waals surface area contributed by atoms with Crippen molar-refractivity contribution >= 4 is 6.03 Å². The van der Waals surface area contributed by atoms with Crippen molar-refractivity contribution < 1.29 is 9.32 Å². The molecule has 2 aromatic rings. The molecule has 8 heteroatoms. The van der Waals surface area contributed by atoms with Gasteiger partial charge in [-0.3, -0.25) is 4.98 Å². The number of carbonyl (C=O) groups is 1. The molecule has 3 heterocycles. The van der Waals surface area contributed by atoms with Crippen molar-refractivity contribution in [3.63, 3.8) is 0 Å². The average Bonchev–Trinajstić information content (AvgIpc) is 3.23. The fourth-order valence-electron chi connectivity index (χ4n) is 2.71. The van der Waals surface area contributed by atoms with Crippen LogP contribution >= 0.6 is 0 Å². The number of likely N-dealkylation sites (tertiary alicyclic amines) is 1. The van der Waals surface area contributed by atoms with Crippen molar-refractivity contribution in [1.82, 2.24) is 30.3 Å². The van der Waals surface area contributed by atoms with Crippen LogP contribution in [-0.2, 0) is 6.42 Å². The van der Waals surface area contributed by atoms with Crippen LogP contribution in [0.3, 0.4) is 0 Å². The predicted molar refractivity (Wildman–Crippen MR) is 82.4 cm³/mol. The van der Waals surface area contributed by atoms with Crippen molar-refractivity contribution in [3.8, 4) is 11.6 Å². The van der Waals surface area contributed by atoms with Crippen LogP contribution in [0.4, 0.5) is 4.79 Å². The number of hydrogen-bond acceptors (Lipinski definition) is 6. The van der Waals surface area contributed by atoms with E-state index in [4.69, 9.17) is 4.52 Å². The molecule has 0 radical (unpaired) electrons. The van der Waals surface area contributed by atoms with Crippen molar-refractivity contribution in [1.29, 1.82) is 0 Å². The Morgan fingerprint density at radius 3 is 3.17 bits per heavy atom. The molecule has 8 nitrogen and oxygen atoms in total. The number of rotatable bonds is 5. The van der Waals surface area contributed by atoms with E-state index in [0.717, 1.165) is 25.8 Å². The van der Waals surface area contributed by atoms with Crippen LogP contribution in [0.25, 0.3) is 11.6 Å². The number of carbonyl (C=O) groups excluding carboxylic acids is 1. The fraction of sp³-hybridized carbons (Fsp3) is 0.533. The molecular formula is C15H20N6O2. The minimum absolute atomic E-state index is 0.00741. The van der Waals surface area contributed by atoms with Gasteiger partial charge in [-0.1, -0.05) is 12.1 Å². The van der Waals surface area contributed by atoms with Crippen LogP contribution in [0, 0.1) is 0 Å². The molecule has 2 aromatic heterocycles. The molecule has 2 amide bonds. The van der Waals surface area contributed by atoms with Crippen LogP contribution in [0.15, 0.2) is 23.1 Å². The summed E-state index contributed by atoms with van der Waals surface area (Å²) >= 11 is 0. The highest BCUT2D eigenvalue weighted by Crippen LogP contribution is 2.21. The molecule has 1 unspecified atom stereocenters. The van der Waals surface area contributed by atoms with Crippen molar-refractivity contribution in [2.24, 2.45) is 0 Å². The van der Waals surface area contributed by atoms with Gasteiger partial charge in [0.1, 0.15) is 5.69 Å². The Kier molecular flexibility index (Phi) is 4.80. The molecule has 1 saturated heterocycles. The van der Waals surface area contributed by atoms with Crippen LogP contribution in [0.2, 0.25) is 0 Å². The molecule has 1 N–H and O–H groups in total. The van der Waals surface area contributed by atoms with Crippen LogP contribution in [0.5, 0.6) is 0 Å². The standard InChI is InChI=1S/C15H20N6O2/c1-2-5-18-15(22)21-8-3-4-11(21)9-13-19-14(23-20-13)12-10-16-6-7-17-12/h6-7,10-11H,2-5,8-9H2,1H3,(H,18,22). The second-order valence-corrected chi connectivity index (χ2v) is 5.53. The third-order valence-corrected chi connectivity index (χ3v) is 3.83. The van der Waals surface area contributed by atoms with Gasteiger partial charge < -0.3 is 14.7 Å². The number of aromatic nitrogens is 4. The molecule has 1 fully saturated rings. The van der Waals surface area contributed by atoms with Gasteiger partial charge in [0.15, 0.2) is 5.82 Å². The highest BCUT2D eigenvalue weighted by atomic mass is 16.5. The van der Waals surface area contributed by atoms with Gasteiger partial charge in [-0.2, -0.15) is 4.98 Å². The second-order valence-electron chi connectivity index (χ2n) is 5.53. The molecule has 0 aliphatic carbocycles. The normalized spacial score (nSPS) is 17.4. The van der Waals surface area contributed by atoms with Gasteiger partial charge in [0.25, 0.3) is 5.89 Å². The van der Waals surface area contributed by atoms with E-state index in [-0.39, 0.29) is 12.1 Å². The summed E-state index contributed by atoms with van der Waals surface area (Å²) in [4.78, 5) is 26.5. The Bertz CT molecular complexity index is 644. The Morgan fingerprint density at radius 2 is 2.39 bits per heavy atom. The van der Waals surface area contributed by atoms with E-state index in [1.807, 2.05) is 11.8 Å². The molecular weight excluding hydrogens is 296 g/mol. The summed E-state index contributed by atoms with van der Waals surface area (Å²) in [5.74, 6) is 0.943. The summed E-state index contributed by atoms with van der Waals surface area (Å²) in [6.07, 6.45) is 8.22. The van der Waals surface area contributed by atoms with E-state index in [1.54, 1.807) is 18.6 Å². The molecule has 0 aromatic carbocycles. The lowest BCUT2D eigenvalue weighted by atomic mass is 10.1. The maximum Gasteiger partial charge on any atom is 0.317 e. The molecule has 3 rings (SSSR count). The van der Waals surface area contributed by atoms with Gasteiger partial charge in [0, 0.05) is 37.9 Å². The quantitative estimate of drug-likeness (QED) is 0.901. The zero-order chi connectivity index (χ0) is 16.1. The minimum atomic E-state index is -0.00741. The Hall–Kier alpha value is -2.51. The first kappa shape index (κ1) is 15.4. The SMILES string of the molecule is CCCNC(=O)N1CCCC1Cc1noc(-c2cnccn2)n1. The fourth-order valence-corrected chi connectivity index (χ4v) is 2.71. The van der Waals surface area contributed by atoms with Crippen molar-refractivity contribution in [3.05, 3.63) is 24.4 Å². The lowest BCUT2D eigenvalue weighted by molar-refractivity contribution is 0.191. The molecule has 1 aliphatic heterocycles. The molecule has 1 atom stereocenters. The van der Waals surface area contributed by atoms with Gasteiger partial charge in [0.2, 0.25) is 0 Å².